The van der Waals surface area contributed by atoms with Crippen LogP contribution in [-0.2, 0) is 0 Å². The highest BCUT2D eigenvalue weighted by Crippen LogP contribution is 2.26. The van der Waals surface area contributed by atoms with Crippen LogP contribution in [0.2, 0.25) is 0 Å². The molecule has 0 radical (unpaired) electrons. The van der Waals surface area contributed by atoms with E-state index < -0.39 is 0 Å². The van der Waals surface area contributed by atoms with Crippen LogP contribution in [-0.4, -0.2) is 24.1 Å². The van der Waals surface area contributed by atoms with E-state index in [0.717, 1.165) is 25.2 Å². The predicted molar refractivity (Wildman–Crippen MR) is 82.5 cm³/mol. The van der Waals surface area contributed by atoms with Gasteiger partial charge in [-0.1, -0.05) is 38.1 Å². The van der Waals surface area contributed by atoms with Crippen LogP contribution >= 0.6 is 0 Å². The van der Waals surface area contributed by atoms with Gasteiger partial charge >= 0.3 is 0 Å². The molecule has 0 bridgehead atoms. The molecule has 2 aromatic rings. The second-order valence-corrected chi connectivity index (χ2v) is 4.81. The number of nitrogens with two attached hydrogens (primary N) is 1. The lowest BCUT2D eigenvalue weighted by atomic mass is 10.1. The van der Waals surface area contributed by atoms with Gasteiger partial charge in [-0.2, -0.15) is 0 Å². The number of hydrogen-bond acceptors (Lipinski definition) is 3. The van der Waals surface area contributed by atoms with Gasteiger partial charge in [-0.3, -0.25) is 0 Å². The Morgan fingerprint density at radius 2 is 1.89 bits per heavy atom. The number of benzene rings is 1. The monoisotopic (exact) mass is 257 g/mol. The standard InChI is InChI=1S/C16H23N3/c1-3-14(4-2)19(12-10-17)16-15-8-6-5-7-13(15)9-11-18-16/h5-9,11,14H,3-4,10,12,17H2,1-2H3. The molecule has 1 heterocycles. The fraction of sp³-hybridized carbons (Fsp3) is 0.438. The van der Waals surface area contributed by atoms with Gasteiger partial charge in [0.25, 0.3) is 0 Å². The van der Waals surface area contributed by atoms with Crippen LogP contribution in [0.3, 0.4) is 0 Å². The van der Waals surface area contributed by atoms with E-state index in [1.54, 1.807) is 0 Å². The predicted octanol–water partition coefficient (Wildman–Crippen LogP) is 3.19. The molecule has 0 spiro atoms. The van der Waals surface area contributed by atoms with E-state index in [0.29, 0.717) is 12.6 Å². The van der Waals surface area contributed by atoms with Gasteiger partial charge in [0.05, 0.1) is 0 Å². The van der Waals surface area contributed by atoms with Crippen LogP contribution in [0.25, 0.3) is 10.8 Å². The third-order valence-electron chi connectivity index (χ3n) is 3.68. The molecule has 102 valence electrons. The minimum atomic E-state index is 0.502. The number of anilines is 1. The van der Waals surface area contributed by atoms with Gasteiger partial charge in [0.1, 0.15) is 5.82 Å². The first-order valence-corrected chi connectivity index (χ1v) is 7.12. The zero-order chi connectivity index (χ0) is 13.7. The van der Waals surface area contributed by atoms with E-state index in [2.05, 4.69) is 54.1 Å². The Bertz CT molecular complexity index is 515. The average Bonchev–Trinajstić information content (AvgIpc) is 2.47. The first-order chi connectivity index (χ1) is 9.31. The molecule has 0 saturated carbocycles. The van der Waals surface area contributed by atoms with Crippen molar-refractivity contribution in [2.75, 3.05) is 18.0 Å². The average molecular weight is 257 g/mol. The van der Waals surface area contributed by atoms with Crippen molar-refractivity contribution in [2.24, 2.45) is 5.73 Å². The number of fused-ring (bicyclic) bond motifs is 1. The lowest BCUT2D eigenvalue weighted by Gasteiger charge is -2.32. The van der Waals surface area contributed by atoms with E-state index in [9.17, 15) is 0 Å². The summed E-state index contributed by atoms with van der Waals surface area (Å²) in [5.41, 5.74) is 5.79. The summed E-state index contributed by atoms with van der Waals surface area (Å²) in [5.74, 6) is 1.07. The number of nitrogens with zero attached hydrogens (tertiary/aromatic N) is 2. The Kier molecular flexibility index (Phi) is 4.74. The Balaban J connectivity index is 2.49. The summed E-state index contributed by atoms with van der Waals surface area (Å²) in [6, 6.07) is 11.0. The Morgan fingerprint density at radius 1 is 1.16 bits per heavy atom. The normalized spacial score (nSPS) is 11.2. The van der Waals surface area contributed by atoms with Gasteiger partial charge in [0.15, 0.2) is 0 Å². The Labute approximate surface area is 115 Å². The summed E-state index contributed by atoms with van der Waals surface area (Å²) in [5, 5.41) is 2.45. The smallest absolute Gasteiger partial charge is 0.136 e. The van der Waals surface area contributed by atoms with E-state index in [1.807, 2.05) is 6.20 Å². The quantitative estimate of drug-likeness (QED) is 0.864. The third kappa shape index (κ3) is 2.87. The fourth-order valence-corrected chi connectivity index (χ4v) is 2.66. The molecule has 0 aliphatic heterocycles. The van der Waals surface area contributed by atoms with Crippen molar-refractivity contribution in [2.45, 2.75) is 32.7 Å². The Hall–Kier alpha value is -1.61. The van der Waals surface area contributed by atoms with Crippen molar-refractivity contribution in [3.8, 4) is 0 Å². The van der Waals surface area contributed by atoms with Crippen molar-refractivity contribution >= 4 is 16.6 Å². The summed E-state index contributed by atoms with van der Waals surface area (Å²) in [6.45, 7) is 5.96. The molecule has 3 nitrogen and oxygen atoms in total. The summed E-state index contributed by atoms with van der Waals surface area (Å²) in [4.78, 5) is 6.98. The third-order valence-corrected chi connectivity index (χ3v) is 3.68. The molecule has 1 aromatic heterocycles. The zero-order valence-electron chi connectivity index (χ0n) is 11.8. The molecule has 19 heavy (non-hydrogen) atoms. The van der Waals surface area contributed by atoms with Gasteiger partial charge < -0.3 is 10.6 Å². The molecule has 0 unspecified atom stereocenters. The minimum Gasteiger partial charge on any atom is -0.352 e. The lowest BCUT2D eigenvalue weighted by molar-refractivity contribution is 0.556. The highest BCUT2D eigenvalue weighted by atomic mass is 15.2. The first kappa shape index (κ1) is 13.8. The number of rotatable bonds is 6. The molecule has 2 N–H and O–H groups in total. The summed E-state index contributed by atoms with van der Waals surface area (Å²) >= 11 is 0. The molecule has 0 aliphatic rings. The molecule has 0 amide bonds. The highest BCUT2D eigenvalue weighted by Gasteiger charge is 2.18. The molecular weight excluding hydrogens is 234 g/mol. The van der Waals surface area contributed by atoms with Gasteiger partial charge in [0.2, 0.25) is 0 Å². The molecule has 1 aromatic carbocycles. The summed E-state index contributed by atoms with van der Waals surface area (Å²) < 4.78 is 0. The summed E-state index contributed by atoms with van der Waals surface area (Å²) in [7, 11) is 0. The topological polar surface area (TPSA) is 42.1 Å². The van der Waals surface area contributed by atoms with Gasteiger partial charge in [-0.25, -0.2) is 4.98 Å². The van der Waals surface area contributed by atoms with Crippen molar-refractivity contribution < 1.29 is 0 Å². The van der Waals surface area contributed by atoms with Crippen LogP contribution in [0.1, 0.15) is 26.7 Å². The second-order valence-electron chi connectivity index (χ2n) is 4.81. The second kappa shape index (κ2) is 6.53. The van der Waals surface area contributed by atoms with Crippen LogP contribution < -0.4 is 10.6 Å². The molecule has 0 atom stereocenters. The molecule has 0 fully saturated rings. The number of aromatic nitrogens is 1. The summed E-state index contributed by atoms with van der Waals surface area (Å²) in [6.07, 6.45) is 4.12. The number of pyridine rings is 1. The minimum absolute atomic E-state index is 0.502. The molecule has 3 heteroatoms. The maximum atomic E-state index is 5.79. The van der Waals surface area contributed by atoms with Gasteiger partial charge in [-0.15, -0.1) is 0 Å². The highest BCUT2D eigenvalue weighted by molar-refractivity contribution is 5.92. The van der Waals surface area contributed by atoms with Crippen molar-refractivity contribution in [1.29, 1.82) is 0 Å². The maximum absolute atomic E-state index is 5.79. The van der Waals surface area contributed by atoms with Crippen LogP contribution in [0.15, 0.2) is 36.5 Å². The first-order valence-electron chi connectivity index (χ1n) is 7.12. The number of hydrogen-bond donors (Lipinski definition) is 1. The molecule has 0 saturated heterocycles. The van der Waals surface area contributed by atoms with E-state index in [-0.39, 0.29) is 0 Å². The van der Waals surface area contributed by atoms with Crippen molar-refractivity contribution in [3.63, 3.8) is 0 Å². The molecular formula is C16H23N3. The Morgan fingerprint density at radius 3 is 2.58 bits per heavy atom. The van der Waals surface area contributed by atoms with Gasteiger partial charge in [-0.05, 0) is 24.3 Å². The lowest BCUT2D eigenvalue weighted by Crippen LogP contribution is -2.39. The van der Waals surface area contributed by atoms with Crippen LogP contribution in [0.4, 0.5) is 5.82 Å². The van der Waals surface area contributed by atoms with Gasteiger partial charge in [0, 0.05) is 30.7 Å². The van der Waals surface area contributed by atoms with E-state index in [1.165, 1.54) is 10.8 Å². The zero-order valence-corrected chi connectivity index (χ0v) is 11.8. The van der Waals surface area contributed by atoms with E-state index >= 15 is 0 Å². The van der Waals surface area contributed by atoms with Crippen LogP contribution in [0, 0.1) is 0 Å². The largest absolute Gasteiger partial charge is 0.352 e. The SMILES string of the molecule is CCC(CC)N(CCN)c1nccc2ccccc12. The van der Waals surface area contributed by atoms with Crippen molar-refractivity contribution in [3.05, 3.63) is 36.5 Å². The van der Waals surface area contributed by atoms with Crippen LogP contribution in [0.5, 0.6) is 0 Å². The van der Waals surface area contributed by atoms with Crippen molar-refractivity contribution in [1.82, 2.24) is 4.98 Å². The molecule has 2 rings (SSSR count). The molecule has 0 aliphatic carbocycles. The fourth-order valence-electron chi connectivity index (χ4n) is 2.66. The maximum Gasteiger partial charge on any atom is 0.136 e. The van der Waals surface area contributed by atoms with E-state index in [4.69, 9.17) is 5.73 Å².